The first-order chi connectivity index (χ1) is 18.3. The molecule has 0 radical (unpaired) electrons. The standard InChI is InChI=1S/C29H30BrN3O4S/c1-6-15-37-22-14-13-20(30)16-19(22)17-24-27(34)33-26(21-11-9-10-12-23(21)36-5)25(18(4)31-29(33)38-24)28(35)32(7-2)8-3/h6,9-14,16-17,26H,1,7-8,15H2,2-5H3/b24-17+/t26-/m0/s1. The van der Waals surface area contributed by atoms with E-state index < -0.39 is 6.04 Å². The molecule has 0 aliphatic carbocycles. The van der Waals surface area contributed by atoms with Gasteiger partial charge in [0.2, 0.25) is 0 Å². The molecule has 0 unspecified atom stereocenters. The largest absolute Gasteiger partial charge is 0.496 e. The first-order valence-electron chi connectivity index (χ1n) is 12.3. The van der Waals surface area contributed by atoms with Crippen molar-refractivity contribution in [2.24, 2.45) is 4.99 Å². The molecule has 0 saturated carbocycles. The molecule has 2 heterocycles. The smallest absolute Gasteiger partial charge is 0.271 e. The highest BCUT2D eigenvalue weighted by molar-refractivity contribution is 9.10. The fourth-order valence-electron chi connectivity index (χ4n) is 4.52. The number of carbonyl (C=O) groups excluding carboxylic acids is 1. The van der Waals surface area contributed by atoms with Crippen LogP contribution >= 0.6 is 27.3 Å². The Bertz CT molecular complexity index is 1580. The number of allylic oxidation sites excluding steroid dienone is 1. The van der Waals surface area contributed by atoms with Crippen LogP contribution in [0.25, 0.3) is 6.08 Å². The molecule has 1 aliphatic heterocycles. The van der Waals surface area contributed by atoms with Crippen LogP contribution in [0.4, 0.5) is 0 Å². The lowest BCUT2D eigenvalue weighted by Crippen LogP contribution is -2.43. The number of benzene rings is 2. The van der Waals surface area contributed by atoms with Crippen LogP contribution in [-0.4, -0.2) is 42.2 Å². The molecule has 7 nitrogen and oxygen atoms in total. The van der Waals surface area contributed by atoms with E-state index >= 15 is 0 Å². The quantitative estimate of drug-likeness (QED) is 0.343. The maximum Gasteiger partial charge on any atom is 0.271 e. The molecule has 198 valence electrons. The number of carbonyl (C=O) groups is 1. The van der Waals surface area contributed by atoms with Gasteiger partial charge in [-0.1, -0.05) is 58.1 Å². The zero-order valence-corrected chi connectivity index (χ0v) is 24.3. The number of hydrogen-bond acceptors (Lipinski definition) is 6. The zero-order chi connectivity index (χ0) is 27.4. The number of fused-ring (bicyclic) bond motifs is 1. The highest BCUT2D eigenvalue weighted by Gasteiger charge is 2.35. The highest BCUT2D eigenvalue weighted by atomic mass is 79.9. The van der Waals surface area contributed by atoms with Crippen LogP contribution in [0.15, 0.2) is 80.6 Å². The van der Waals surface area contributed by atoms with Crippen LogP contribution in [0.2, 0.25) is 0 Å². The van der Waals surface area contributed by atoms with E-state index in [0.29, 0.717) is 51.8 Å². The summed E-state index contributed by atoms with van der Waals surface area (Å²) in [6, 6.07) is 12.4. The van der Waals surface area contributed by atoms with Gasteiger partial charge in [0, 0.05) is 28.7 Å². The van der Waals surface area contributed by atoms with Crippen molar-refractivity contribution in [2.45, 2.75) is 26.8 Å². The summed E-state index contributed by atoms with van der Waals surface area (Å²) in [4.78, 5) is 34.8. The molecular weight excluding hydrogens is 566 g/mol. The number of thiazole rings is 1. The average Bonchev–Trinajstić information content (AvgIpc) is 3.22. The minimum atomic E-state index is -0.684. The van der Waals surface area contributed by atoms with Crippen molar-refractivity contribution in [2.75, 3.05) is 26.8 Å². The van der Waals surface area contributed by atoms with Gasteiger partial charge in [-0.05, 0) is 51.1 Å². The molecule has 1 atom stereocenters. The van der Waals surface area contributed by atoms with Gasteiger partial charge in [-0.25, -0.2) is 4.99 Å². The maximum absolute atomic E-state index is 14.0. The van der Waals surface area contributed by atoms with E-state index in [-0.39, 0.29) is 11.5 Å². The molecule has 1 aliphatic rings. The van der Waals surface area contributed by atoms with Crippen molar-refractivity contribution in [1.82, 2.24) is 9.47 Å². The van der Waals surface area contributed by atoms with Crippen molar-refractivity contribution in [3.8, 4) is 11.5 Å². The van der Waals surface area contributed by atoms with Crippen molar-refractivity contribution < 1.29 is 14.3 Å². The first-order valence-corrected chi connectivity index (χ1v) is 13.9. The second-order valence-corrected chi connectivity index (χ2v) is 10.5. The minimum absolute atomic E-state index is 0.145. The highest BCUT2D eigenvalue weighted by Crippen LogP contribution is 2.36. The SMILES string of the molecule is C=CCOc1ccc(Br)cc1/C=c1/sc2n(c1=O)[C@@H](c1ccccc1OC)C(C(=O)N(CC)CC)=C(C)N=2. The molecule has 3 aromatic rings. The maximum atomic E-state index is 14.0. The molecule has 1 aromatic heterocycles. The number of nitrogens with zero attached hydrogens (tertiary/aromatic N) is 3. The summed E-state index contributed by atoms with van der Waals surface area (Å²) in [6.45, 7) is 10.9. The monoisotopic (exact) mass is 595 g/mol. The second kappa shape index (κ2) is 12.0. The number of aromatic nitrogens is 1. The summed E-state index contributed by atoms with van der Waals surface area (Å²) in [7, 11) is 1.59. The Kier molecular flexibility index (Phi) is 8.69. The summed E-state index contributed by atoms with van der Waals surface area (Å²) in [6.07, 6.45) is 3.47. The topological polar surface area (TPSA) is 73.1 Å². The van der Waals surface area contributed by atoms with Gasteiger partial charge >= 0.3 is 0 Å². The van der Waals surface area contributed by atoms with Crippen LogP contribution in [-0.2, 0) is 4.79 Å². The number of likely N-dealkylation sites (N-methyl/N-ethyl adjacent to an activating group) is 1. The molecule has 38 heavy (non-hydrogen) atoms. The Labute approximate surface area is 234 Å². The van der Waals surface area contributed by atoms with E-state index in [4.69, 9.17) is 14.5 Å². The number of para-hydroxylation sites is 1. The summed E-state index contributed by atoms with van der Waals surface area (Å²) < 4.78 is 14.4. The zero-order valence-electron chi connectivity index (χ0n) is 21.9. The van der Waals surface area contributed by atoms with E-state index in [9.17, 15) is 9.59 Å². The number of hydrogen-bond donors (Lipinski definition) is 0. The molecule has 0 saturated heterocycles. The van der Waals surface area contributed by atoms with Gasteiger partial charge < -0.3 is 14.4 Å². The Morgan fingerprint density at radius 3 is 2.63 bits per heavy atom. The molecule has 4 rings (SSSR count). The lowest BCUT2D eigenvalue weighted by Gasteiger charge is -2.29. The molecule has 0 fully saturated rings. The lowest BCUT2D eigenvalue weighted by atomic mass is 9.94. The fraction of sp³-hybridized carbons (Fsp3) is 0.276. The van der Waals surface area contributed by atoms with E-state index in [1.165, 1.54) is 11.3 Å². The van der Waals surface area contributed by atoms with Crippen LogP contribution in [0.1, 0.15) is 37.9 Å². The minimum Gasteiger partial charge on any atom is -0.496 e. The van der Waals surface area contributed by atoms with E-state index in [1.54, 1.807) is 28.7 Å². The predicted molar refractivity (Wildman–Crippen MR) is 155 cm³/mol. The first kappa shape index (κ1) is 27.6. The molecule has 1 amide bonds. The average molecular weight is 597 g/mol. The number of methoxy groups -OCH3 is 1. The van der Waals surface area contributed by atoms with Crippen molar-refractivity contribution in [1.29, 1.82) is 0 Å². The Hall–Kier alpha value is -3.43. The van der Waals surface area contributed by atoms with Gasteiger partial charge in [-0.15, -0.1) is 0 Å². The number of amides is 1. The third-order valence-electron chi connectivity index (χ3n) is 6.35. The van der Waals surface area contributed by atoms with E-state index in [2.05, 4.69) is 22.5 Å². The van der Waals surface area contributed by atoms with Crippen LogP contribution < -0.4 is 24.4 Å². The summed E-state index contributed by atoms with van der Waals surface area (Å²) in [5.41, 5.74) is 2.29. The van der Waals surface area contributed by atoms with Gasteiger partial charge in [0.15, 0.2) is 4.80 Å². The van der Waals surface area contributed by atoms with Gasteiger partial charge in [-0.3, -0.25) is 14.2 Å². The molecule has 0 bridgehead atoms. The van der Waals surface area contributed by atoms with Crippen LogP contribution in [0.5, 0.6) is 11.5 Å². The molecule has 0 N–H and O–H groups in total. The number of halogens is 1. The third kappa shape index (κ3) is 5.26. The van der Waals surface area contributed by atoms with Gasteiger partial charge in [0.25, 0.3) is 11.5 Å². The molecule has 2 aromatic carbocycles. The molecule has 0 spiro atoms. The summed E-state index contributed by atoms with van der Waals surface area (Å²) in [5.74, 6) is 1.08. The summed E-state index contributed by atoms with van der Waals surface area (Å²) >= 11 is 4.79. The van der Waals surface area contributed by atoms with Gasteiger partial charge in [0.05, 0.1) is 22.9 Å². The van der Waals surface area contributed by atoms with Crippen LogP contribution in [0, 0.1) is 0 Å². The van der Waals surface area contributed by atoms with Gasteiger partial charge in [-0.2, -0.15) is 0 Å². The van der Waals surface area contributed by atoms with Crippen molar-refractivity contribution in [3.63, 3.8) is 0 Å². The Morgan fingerprint density at radius 2 is 1.95 bits per heavy atom. The van der Waals surface area contributed by atoms with Crippen molar-refractivity contribution >= 4 is 39.2 Å². The van der Waals surface area contributed by atoms with Gasteiger partial charge in [0.1, 0.15) is 24.1 Å². The molecule has 9 heteroatoms. The van der Waals surface area contributed by atoms with Crippen molar-refractivity contribution in [3.05, 3.63) is 102 Å². The normalized spacial score (nSPS) is 15.1. The molecular formula is C29H30BrN3O4S. The van der Waals surface area contributed by atoms with E-state index in [0.717, 1.165) is 15.6 Å². The van der Waals surface area contributed by atoms with Crippen LogP contribution in [0.3, 0.4) is 0 Å². The Balaban J connectivity index is 1.99. The predicted octanol–water partition coefficient (Wildman–Crippen LogP) is 4.44. The third-order valence-corrected chi connectivity index (χ3v) is 7.83. The fourth-order valence-corrected chi connectivity index (χ4v) is 5.93. The summed E-state index contributed by atoms with van der Waals surface area (Å²) in [5, 5.41) is 0. The Morgan fingerprint density at radius 1 is 1.21 bits per heavy atom. The second-order valence-electron chi connectivity index (χ2n) is 8.58. The van der Waals surface area contributed by atoms with E-state index in [1.807, 2.05) is 63.2 Å². The number of ether oxygens (including phenoxy) is 2. The lowest BCUT2D eigenvalue weighted by molar-refractivity contribution is -0.127. The number of rotatable bonds is 9.